The summed E-state index contributed by atoms with van der Waals surface area (Å²) in [7, 11) is 1.62. The zero-order chi connectivity index (χ0) is 22.1. The quantitative estimate of drug-likeness (QED) is 0.621. The third-order valence-corrected chi connectivity index (χ3v) is 5.22. The van der Waals surface area contributed by atoms with Gasteiger partial charge < -0.3 is 19.5 Å². The lowest BCUT2D eigenvalue weighted by Gasteiger charge is -2.26. The van der Waals surface area contributed by atoms with Crippen LogP contribution in [0.25, 0.3) is 0 Å². The van der Waals surface area contributed by atoms with Gasteiger partial charge in [0.1, 0.15) is 5.75 Å². The van der Waals surface area contributed by atoms with Crippen molar-refractivity contribution in [2.24, 2.45) is 0 Å². The van der Waals surface area contributed by atoms with Gasteiger partial charge in [0.05, 0.1) is 25.9 Å². The van der Waals surface area contributed by atoms with E-state index >= 15 is 0 Å². The van der Waals surface area contributed by atoms with Gasteiger partial charge in [-0.15, -0.1) is 0 Å². The standard InChI is InChI=1S/C24H30N2O5/c1-18(23(27)25-12-11-19-5-9-22(29-2)10-6-19)31-24(28)21-7-3-20(4-8-21)17-26-13-15-30-16-14-26/h3-10,18H,11-17H2,1-2H3,(H,25,27)/t18-/m0/s1. The zero-order valence-electron chi connectivity index (χ0n) is 18.1. The number of hydrogen-bond donors (Lipinski definition) is 1. The second-order valence-corrected chi connectivity index (χ2v) is 7.52. The summed E-state index contributed by atoms with van der Waals surface area (Å²) in [6, 6.07) is 15.0. The van der Waals surface area contributed by atoms with Crippen molar-refractivity contribution in [3.63, 3.8) is 0 Å². The minimum Gasteiger partial charge on any atom is -0.497 e. The fourth-order valence-corrected chi connectivity index (χ4v) is 3.31. The molecule has 31 heavy (non-hydrogen) atoms. The number of methoxy groups -OCH3 is 1. The predicted octanol–water partition coefficient (Wildman–Crippen LogP) is 2.43. The Labute approximate surface area is 183 Å². The van der Waals surface area contributed by atoms with Crippen LogP contribution in [0.4, 0.5) is 0 Å². The van der Waals surface area contributed by atoms with Crippen LogP contribution in [0.1, 0.15) is 28.4 Å². The largest absolute Gasteiger partial charge is 0.497 e. The van der Waals surface area contributed by atoms with Crippen molar-refractivity contribution in [1.29, 1.82) is 0 Å². The first-order chi connectivity index (χ1) is 15.0. The van der Waals surface area contributed by atoms with Gasteiger partial charge in [-0.2, -0.15) is 0 Å². The number of nitrogens with zero attached hydrogens (tertiary/aromatic N) is 1. The molecule has 1 N–H and O–H groups in total. The van der Waals surface area contributed by atoms with Crippen molar-refractivity contribution < 1.29 is 23.8 Å². The zero-order valence-corrected chi connectivity index (χ0v) is 18.1. The molecule has 0 unspecified atom stereocenters. The number of ether oxygens (including phenoxy) is 3. The molecule has 7 heteroatoms. The molecule has 2 aromatic carbocycles. The number of carbonyl (C=O) groups excluding carboxylic acids is 2. The summed E-state index contributed by atoms with van der Waals surface area (Å²) in [6.45, 7) is 6.20. The highest BCUT2D eigenvalue weighted by Crippen LogP contribution is 2.12. The van der Waals surface area contributed by atoms with Crippen LogP contribution in [0.2, 0.25) is 0 Å². The van der Waals surface area contributed by atoms with Crippen LogP contribution in [0.5, 0.6) is 5.75 Å². The molecule has 2 aromatic rings. The van der Waals surface area contributed by atoms with Gasteiger partial charge in [-0.1, -0.05) is 24.3 Å². The highest BCUT2D eigenvalue weighted by molar-refractivity contribution is 5.92. The van der Waals surface area contributed by atoms with Crippen LogP contribution in [0.15, 0.2) is 48.5 Å². The summed E-state index contributed by atoms with van der Waals surface area (Å²) < 4.78 is 15.8. The summed E-state index contributed by atoms with van der Waals surface area (Å²) in [6.07, 6.45) is -0.183. The Morgan fingerprint density at radius 2 is 1.68 bits per heavy atom. The van der Waals surface area contributed by atoms with Gasteiger partial charge >= 0.3 is 5.97 Å². The van der Waals surface area contributed by atoms with Crippen LogP contribution >= 0.6 is 0 Å². The third kappa shape index (κ3) is 7.08. The lowest BCUT2D eigenvalue weighted by molar-refractivity contribution is -0.129. The van der Waals surface area contributed by atoms with E-state index in [4.69, 9.17) is 14.2 Å². The number of hydrogen-bond acceptors (Lipinski definition) is 6. The Kier molecular flexibility index (Phi) is 8.44. The lowest BCUT2D eigenvalue weighted by Crippen LogP contribution is -2.37. The Balaban J connectivity index is 1.41. The van der Waals surface area contributed by atoms with E-state index in [0.29, 0.717) is 18.5 Å². The van der Waals surface area contributed by atoms with Gasteiger partial charge in [-0.25, -0.2) is 4.79 Å². The van der Waals surface area contributed by atoms with Gasteiger partial charge in [-0.3, -0.25) is 9.69 Å². The molecule has 0 spiro atoms. The fourth-order valence-electron chi connectivity index (χ4n) is 3.31. The van der Waals surface area contributed by atoms with Crippen LogP contribution in [0.3, 0.4) is 0 Å². The average Bonchev–Trinajstić information content (AvgIpc) is 2.80. The molecule has 0 radical (unpaired) electrons. The van der Waals surface area contributed by atoms with Crippen molar-refractivity contribution in [3.8, 4) is 5.75 Å². The van der Waals surface area contributed by atoms with E-state index < -0.39 is 12.1 Å². The number of esters is 1. The first-order valence-corrected chi connectivity index (χ1v) is 10.6. The molecular weight excluding hydrogens is 396 g/mol. The summed E-state index contributed by atoms with van der Waals surface area (Å²) in [4.78, 5) is 26.9. The van der Waals surface area contributed by atoms with Gasteiger partial charge in [0.15, 0.2) is 6.10 Å². The van der Waals surface area contributed by atoms with E-state index in [1.807, 2.05) is 36.4 Å². The Morgan fingerprint density at radius 1 is 1.03 bits per heavy atom. The van der Waals surface area contributed by atoms with Crippen molar-refractivity contribution in [1.82, 2.24) is 10.2 Å². The van der Waals surface area contributed by atoms with Crippen LogP contribution in [0, 0.1) is 0 Å². The molecule has 0 aromatic heterocycles. The minimum absolute atomic E-state index is 0.314. The maximum atomic E-state index is 12.4. The Morgan fingerprint density at radius 3 is 2.32 bits per heavy atom. The van der Waals surface area contributed by atoms with Crippen molar-refractivity contribution in [2.75, 3.05) is 40.0 Å². The molecule has 1 atom stereocenters. The van der Waals surface area contributed by atoms with Crippen LogP contribution in [-0.4, -0.2) is 62.8 Å². The summed E-state index contributed by atoms with van der Waals surface area (Å²) in [5, 5.41) is 2.81. The molecule has 1 aliphatic rings. The smallest absolute Gasteiger partial charge is 0.338 e. The second kappa shape index (κ2) is 11.5. The fraction of sp³-hybridized carbons (Fsp3) is 0.417. The van der Waals surface area contributed by atoms with Gasteiger partial charge in [-0.05, 0) is 48.7 Å². The molecule has 0 aliphatic carbocycles. The normalized spacial score (nSPS) is 15.2. The monoisotopic (exact) mass is 426 g/mol. The second-order valence-electron chi connectivity index (χ2n) is 7.52. The number of morpholine rings is 1. The third-order valence-electron chi connectivity index (χ3n) is 5.22. The molecule has 1 saturated heterocycles. The molecule has 166 valence electrons. The maximum absolute atomic E-state index is 12.4. The maximum Gasteiger partial charge on any atom is 0.338 e. The van der Waals surface area contributed by atoms with E-state index in [2.05, 4.69) is 10.2 Å². The first kappa shape index (κ1) is 22.8. The van der Waals surface area contributed by atoms with Gasteiger partial charge in [0, 0.05) is 26.2 Å². The van der Waals surface area contributed by atoms with E-state index in [0.717, 1.165) is 49.7 Å². The summed E-state index contributed by atoms with van der Waals surface area (Å²) >= 11 is 0. The first-order valence-electron chi connectivity index (χ1n) is 10.6. The SMILES string of the molecule is COc1ccc(CCNC(=O)[C@H](C)OC(=O)c2ccc(CN3CCOCC3)cc2)cc1. The Hall–Kier alpha value is -2.90. The number of nitrogens with one attached hydrogen (secondary N) is 1. The van der Waals surface area contributed by atoms with Gasteiger partial charge in [0.25, 0.3) is 5.91 Å². The molecule has 1 heterocycles. The van der Waals surface area contributed by atoms with Gasteiger partial charge in [0.2, 0.25) is 0 Å². The predicted molar refractivity (Wildman–Crippen MR) is 117 cm³/mol. The number of rotatable bonds is 9. The van der Waals surface area contributed by atoms with Crippen LogP contribution in [-0.2, 0) is 27.2 Å². The molecule has 1 aliphatic heterocycles. The highest BCUT2D eigenvalue weighted by atomic mass is 16.5. The molecular formula is C24H30N2O5. The molecule has 0 bridgehead atoms. The van der Waals surface area contributed by atoms with E-state index in [-0.39, 0.29) is 5.91 Å². The lowest BCUT2D eigenvalue weighted by atomic mass is 10.1. The average molecular weight is 427 g/mol. The van der Waals surface area contributed by atoms with Crippen molar-refractivity contribution in [2.45, 2.75) is 26.0 Å². The molecule has 3 rings (SSSR count). The van der Waals surface area contributed by atoms with E-state index in [1.165, 1.54) is 0 Å². The molecule has 1 fully saturated rings. The number of benzene rings is 2. The number of carbonyl (C=O) groups is 2. The minimum atomic E-state index is -0.864. The van der Waals surface area contributed by atoms with Crippen molar-refractivity contribution in [3.05, 3.63) is 65.2 Å². The van der Waals surface area contributed by atoms with E-state index in [9.17, 15) is 9.59 Å². The molecule has 1 amide bonds. The summed E-state index contributed by atoms with van der Waals surface area (Å²) in [5.74, 6) is -0.0241. The Bertz CT molecular complexity index is 845. The van der Waals surface area contributed by atoms with Crippen LogP contribution < -0.4 is 10.1 Å². The van der Waals surface area contributed by atoms with E-state index in [1.54, 1.807) is 26.2 Å². The number of amides is 1. The highest BCUT2D eigenvalue weighted by Gasteiger charge is 2.19. The van der Waals surface area contributed by atoms with Crippen molar-refractivity contribution >= 4 is 11.9 Å². The topological polar surface area (TPSA) is 77.1 Å². The molecule has 0 saturated carbocycles. The molecule has 7 nitrogen and oxygen atoms in total. The summed E-state index contributed by atoms with van der Waals surface area (Å²) in [5.41, 5.74) is 2.65.